The van der Waals surface area contributed by atoms with Crippen LogP contribution in [0.25, 0.3) is 0 Å². The lowest BCUT2D eigenvalue weighted by Gasteiger charge is -2.35. The van der Waals surface area contributed by atoms with E-state index in [1.165, 1.54) is 29.1 Å². The lowest BCUT2D eigenvalue weighted by molar-refractivity contribution is 0.0596. The highest BCUT2D eigenvalue weighted by Crippen LogP contribution is 2.30. The van der Waals surface area contributed by atoms with Crippen molar-refractivity contribution in [2.45, 2.75) is 24.3 Å². The molecular weight excluding hydrogens is 364 g/mol. The number of sulfonamides is 1. The number of benzene rings is 2. The van der Waals surface area contributed by atoms with Gasteiger partial charge in [-0.15, -0.1) is 0 Å². The van der Waals surface area contributed by atoms with E-state index < -0.39 is 16.0 Å². The average molecular weight is 388 g/mol. The van der Waals surface area contributed by atoms with Gasteiger partial charge in [0, 0.05) is 19.6 Å². The Labute approximate surface area is 160 Å². The number of ether oxygens (including phenoxy) is 1. The van der Waals surface area contributed by atoms with Crippen molar-refractivity contribution in [2.24, 2.45) is 0 Å². The second-order valence-corrected chi connectivity index (χ2v) is 8.28. The lowest BCUT2D eigenvalue weighted by Crippen LogP contribution is -2.48. The first kappa shape index (κ1) is 19.5. The molecule has 0 bridgehead atoms. The summed E-state index contributed by atoms with van der Waals surface area (Å²) in [6, 6.07) is 13.9. The molecule has 3 rings (SSSR count). The maximum absolute atomic E-state index is 13.4. The van der Waals surface area contributed by atoms with Crippen LogP contribution >= 0.6 is 0 Å². The highest BCUT2D eigenvalue weighted by Gasteiger charge is 2.36. The highest BCUT2D eigenvalue weighted by atomic mass is 32.2. The van der Waals surface area contributed by atoms with E-state index in [4.69, 9.17) is 4.74 Å². The van der Waals surface area contributed by atoms with Crippen LogP contribution in [0, 0.1) is 0 Å². The minimum Gasteiger partial charge on any atom is -0.465 e. The average Bonchev–Trinajstić information content (AvgIpc) is 2.73. The molecule has 1 atom stereocenters. The molecule has 27 heavy (non-hydrogen) atoms. The summed E-state index contributed by atoms with van der Waals surface area (Å²) in [4.78, 5) is 12.0. The van der Waals surface area contributed by atoms with Gasteiger partial charge in [0.1, 0.15) is 0 Å². The van der Waals surface area contributed by atoms with Crippen molar-refractivity contribution in [1.29, 1.82) is 0 Å². The van der Waals surface area contributed by atoms with Gasteiger partial charge in [0.15, 0.2) is 0 Å². The standard InChI is InChI=1S/C20H24N2O4S/c1-3-15-8-10-16(11-9-15)18-14-21-12-13-22(18)27(24,25)19-7-5-4-6-17(19)20(23)26-2/h4-11,18,21H,3,12-14H2,1-2H3. The van der Waals surface area contributed by atoms with Crippen LogP contribution in [0.15, 0.2) is 53.4 Å². The summed E-state index contributed by atoms with van der Waals surface area (Å²) in [5.74, 6) is -0.659. The van der Waals surface area contributed by atoms with Gasteiger partial charge < -0.3 is 10.1 Å². The van der Waals surface area contributed by atoms with E-state index in [1.807, 2.05) is 24.3 Å². The topological polar surface area (TPSA) is 75.7 Å². The van der Waals surface area contributed by atoms with Crippen molar-refractivity contribution in [2.75, 3.05) is 26.7 Å². The van der Waals surface area contributed by atoms with Crippen LogP contribution in [0.1, 0.15) is 34.5 Å². The Morgan fingerprint density at radius 2 is 1.89 bits per heavy atom. The fraction of sp³-hybridized carbons (Fsp3) is 0.350. The molecule has 6 nitrogen and oxygen atoms in total. The molecule has 1 heterocycles. The minimum absolute atomic E-state index is 0.0195. The van der Waals surface area contributed by atoms with Crippen molar-refractivity contribution >= 4 is 16.0 Å². The van der Waals surface area contributed by atoms with Gasteiger partial charge in [-0.2, -0.15) is 4.31 Å². The van der Waals surface area contributed by atoms with Crippen molar-refractivity contribution in [3.63, 3.8) is 0 Å². The molecule has 0 aromatic heterocycles. The molecule has 0 saturated carbocycles. The number of carbonyl (C=O) groups is 1. The molecule has 144 valence electrons. The van der Waals surface area contributed by atoms with Crippen molar-refractivity contribution in [3.8, 4) is 0 Å². The number of esters is 1. The fourth-order valence-corrected chi connectivity index (χ4v) is 5.12. The molecule has 0 aliphatic carbocycles. The van der Waals surface area contributed by atoms with Gasteiger partial charge in [-0.25, -0.2) is 13.2 Å². The predicted molar refractivity (Wildman–Crippen MR) is 103 cm³/mol. The molecule has 0 spiro atoms. The SMILES string of the molecule is CCc1ccc(C2CNCCN2S(=O)(=O)c2ccccc2C(=O)OC)cc1. The highest BCUT2D eigenvalue weighted by molar-refractivity contribution is 7.89. The third-order valence-electron chi connectivity index (χ3n) is 4.85. The van der Waals surface area contributed by atoms with Crippen LogP contribution < -0.4 is 5.32 Å². The number of nitrogens with zero attached hydrogens (tertiary/aromatic N) is 1. The first-order chi connectivity index (χ1) is 13.0. The maximum Gasteiger partial charge on any atom is 0.339 e. The Kier molecular flexibility index (Phi) is 5.94. The smallest absolute Gasteiger partial charge is 0.339 e. The van der Waals surface area contributed by atoms with Crippen molar-refractivity contribution in [1.82, 2.24) is 9.62 Å². The summed E-state index contributed by atoms with van der Waals surface area (Å²) < 4.78 is 33.1. The summed E-state index contributed by atoms with van der Waals surface area (Å²) in [5.41, 5.74) is 2.19. The third-order valence-corrected chi connectivity index (χ3v) is 6.81. The van der Waals surface area contributed by atoms with E-state index in [1.54, 1.807) is 12.1 Å². The Bertz CT molecular complexity index is 910. The second-order valence-electron chi connectivity index (χ2n) is 6.42. The molecule has 2 aromatic carbocycles. The number of methoxy groups -OCH3 is 1. The van der Waals surface area contributed by atoms with Crippen LogP contribution in [0.2, 0.25) is 0 Å². The molecule has 1 aliphatic rings. The van der Waals surface area contributed by atoms with Crippen LogP contribution in [0.4, 0.5) is 0 Å². The largest absolute Gasteiger partial charge is 0.465 e. The maximum atomic E-state index is 13.4. The van der Waals surface area contributed by atoms with Crippen LogP contribution in [-0.2, 0) is 21.2 Å². The number of nitrogens with one attached hydrogen (secondary N) is 1. The summed E-state index contributed by atoms with van der Waals surface area (Å²) in [5, 5.41) is 3.27. The molecule has 1 saturated heterocycles. The number of hydrogen-bond acceptors (Lipinski definition) is 5. The van der Waals surface area contributed by atoms with Gasteiger partial charge in [-0.05, 0) is 29.7 Å². The van der Waals surface area contributed by atoms with Crippen LogP contribution in [-0.4, -0.2) is 45.4 Å². The molecule has 0 amide bonds. The fourth-order valence-electron chi connectivity index (χ4n) is 3.33. The van der Waals surface area contributed by atoms with Gasteiger partial charge in [0.05, 0.1) is 23.6 Å². The molecule has 1 fully saturated rings. The van der Waals surface area contributed by atoms with E-state index in [-0.39, 0.29) is 16.5 Å². The summed E-state index contributed by atoms with van der Waals surface area (Å²) in [6.07, 6.45) is 0.928. The third kappa shape index (κ3) is 3.90. The Balaban J connectivity index is 2.02. The van der Waals surface area contributed by atoms with Crippen LogP contribution in [0.5, 0.6) is 0 Å². The van der Waals surface area contributed by atoms with Crippen molar-refractivity contribution in [3.05, 3.63) is 65.2 Å². The van der Waals surface area contributed by atoms with Gasteiger partial charge >= 0.3 is 5.97 Å². The van der Waals surface area contributed by atoms with E-state index in [0.29, 0.717) is 19.6 Å². The predicted octanol–water partition coefficient (Wildman–Crippen LogP) is 2.37. The van der Waals surface area contributed by atoms with E-state index in [0.717, 1.165) is 12.0 Å². The van der Waals surface area contributed by atoms with Crippen LogP contribution in [0.3, 0.4) is 0 Å². The van der Waals surface area contributed by atoms with E-state index in [2.05, 4.69) is 12.2 Å². The zero-order valence-corrected chi connectivity index (χ0v) is 16.3. The van der Waals surface area contributed by atoms with Gasteiger partial charge in [-0.3, -0.25) is 0 Å². The number of aryl methyl sites for hydroxylation is 1. The quantitative estimate of drug-likeness (QED) is 0.796. The summed E-state index contributed by atoms with van der Waals surface area (Å²) >= 11 is 0. The molecule has 1 unspecified atom stereocenters. The molecule has 0 radical (unpaired) electrons. The van der Waals surface area contributed by atoms with E-state index >= 15 is 0 Å². The summed E-state index contributed by atoms with van der Waals surface area (Å²) in [6.45, 7) is 3.49. The molecule has 1 N–H and O–H groups in total. The lowest BCUT2D eigenvalue weighted by atomic mass is 10.0. The molecule has 7 heteroatoms. The molecule has 2 aromatic rings. The molecule has 1 aliphatic heterocycles. The first-order valence-electron chi connectivity index (χ1n) is 8.97. The number of rotatable bonds is 5. The van der Waals surface area contributed by atoms with Crippen molar-refractivity contribution < 1.29 is 17.9 Å². The van der Waals surface area contributed by atoms with Gasteiger partial charge in [0.25, 0.3) is 0 Å². The van der Waals surface area contributed by atoms with E-state index in [9.17, 15) is 13.2 Å². The van der Waals surface area contributed by atoms with Gasteiger partial charge in [-0.1, -0.05) is 43.3 Å². The van der Waals surface area contributed by atoms with Gasteiger partial charge in [0.2, 0.25) is 10.0 Å². The Morgan fingerprint density at radius 1 is 1.19 bits per heavy atom. The molecular formula is C20H24N2O4S. The zero-order chi connectivity index (χ0) is 19.4. The first-order valence-corrected chi connectivity index (χ1v) is 10.4. The Hall–Kier alpha value is -2.22. The number of carbonyl (C=O) groups excluding carboxylic acids is 1. The zero-order valence-electron chi connectivity index (χ0n) is 15.5. The summed E-state index contributed by atoms with van der Waals surface area (Å²) in [7, 11) is -2.62. The Morgan fingerprint density at radius 3 is 2.56 bits per heavy atom. The monoisotopic (exact) mass is 388 g/mol. The second kappa shape index (κ2) is 8.21. The minimum atomic E-state index is -3.87. The normalized spacial score (nSPS) is 18.2. The number of hydrogen-bond donors (Lipinski definition) is 1. The number of piperazine rings is 1.